The Kier molecular flexibility index (Phi) is 4.02. The summed E-state index contributed by atoms with van der Waals surface area (Å²) in [5.74, 6) is -0.273. The van der Waals surface area contributed by atoms with Gasteiger partial charge in [0.15, 0.2) is 0 Å². The number of nitrogens with zero attached hydrogens (tertiary/aromatic N) is 4. The highest BCUT2D eigenvalue weighted by molar-refractivity contribution is 5.97. The first-order valence-corrected chi connectivity index (χ1v) is 7.08. The van der Waals surface area contributed by atoms with Crippen LogP contribution in [-0.4, -0.2) is 21.0 Å². The van der Waals surface area contributed by atoms with Gasteiger partial charge in [0.2, 0.25) is 5.91 Å². The van der Waals surface area contributed by atoms with E-state index in [1.54, 1.807) is 0 Å². The number of fused-ring (bicyclic) bond motifs is 1. The molecule has 0 unspecified atom stereocenters. The van der Waals surface area contributed by atoms with Crippen molar-refractivity contribution in [2.24, 2.45) is 0 Å². The maximum Gasteiger partial charge on any atom is 0.269 e. The van der Waals surface area contributed by atoms with E-state index in [2.05, 4.69) is 15.6 Å². The molecule has 0 atom stereocenters. The lowest BCUT2D eigenvalue weighted by molar-refractivity contribution is -0.384. The van der Waals surface area contributed by atoms with Gasteiger partial charge >= 0.3 is 0 Å². The third-order valence-electron chi connectivity index (χ3n) is 3.41. The summed E-state index contributed by atoms with van der Waals surface area (Å²) < 4.78 is 0. The number of hydrogen-bond acceptors (Lipinski definition) is 6. The zero-order chi connectivity index (χ0) is 17.1. The van der Waals surface area contributed by atoms with Crippen molar-refractivity contribution in [3.05, 3.63) is 64.8 Å². The molecular formula is C16H13N5O3. The smallest absolute Gasteiger partial charge is 0.269 e. The Morgan fingerprint density at radius 3 is 2.54 bits per heavy atom. The molecule has 1 N–H and O–H groups in total. The Balaban J connectivity index is 1.97. The van der Waals surface area contributed by atoms with Crippen molar-refractivity contribution < 1.29 is 9.72 Å². The summed E-state index contributed by atoms with van der Waals surface area (Å²) in [6.45, 7) is 1.39. The third-order valence-corrected chi connectivity index (χ3v) is 3.41. The van der Waals surface area contributed by atoms with Gasteiger partial charge in [-0.2, -0.15) is 10.2 Å². The van der Waals surface area contributed by atoms with Crippen molar-refractivity contribution in [2.45, 2.75) is 6.92 Å². The van der Waals surface area contributed by atoms with E-state index < -0.39 is 4.92 Å². The molecule has 1 heterocycles. The lowest BCUT2D eigenvalue weighted by Crippen LogP contribution is -2.34. The molecule has 1 aromatic heterocycles. The highest BCUT2D eigenvalue weighted by Crippen LogP contribution is 2.24. The molecule has 0 aliphatic heterocycles. The minimum Gasteiger partial charge on any atom is -0.289 e. The summed E-state index contributed by atoms with van der Waals surface area (Å²) >= 11 is 0. The fraction of sp³-hybridized carbons (Fsp3) is 0.0625. The molecule has 2 aromatic carbocycles. The van der Waals surface area contributed by atoms with Gasteiger partial charge in [0.25, 0.3) is 5.69 Å². The zero-order valence-corrected chi connectivity index (χ0v) is 12.7. The predicted octanol–water partition coefficient (Wildman–Crippen LogP) is 2.92. The molecule has 24 heavy (non-hydrogen) atoms. The van der Waals surface area contributed by atoms with Crippen LogP contribution in [0.5, 0.6) is 0 Å². The van der Waals surface area contributed by atoms with Gasteiger partial charge in [-0.3, -0.25) is 20.3 Å². The quantitative estimate of drug-likeness (QED) is 0.585. The third kappa shape index (κ3) is 2.98. The molecule has 0 radical (unpaired) electrons. The summed E-state index contributed by atoms with van der Waals surface area (Å²) in [5, 5.41) is 20.8. The predicted molar refractivity (Wildman–Crippen MR) is 89.4 cm³/mol. The number of carbonyl (C=O) groups excluding carboxylic acids is 1. The van der Waals surface area contributed by atoms with Crippen LogP contribution in [0.15, 0.2) is 54.7 Å². The van der Waals surface area contributed by atoms with Crippen LogP contribution >= 0.6 is 0 Å². The fourth-order valence-corrected chi connectivity index (χ4v) is 2.26. The minimum atomic E-state index is -0.490. The molecule has 1 amide bonds. The summed E-state index contributed by atoms with van der Waals surface area (Å²) in [4.78, 5) is 22.3. The van der Waals surface area contributed by atoms with E-state index in [1.807, 2.05) is 24.3 Å². The molecule has 0 spiro atoms. The van der Waals surface area contributed by atoms with Crippen molar-refractivity contribution in [1.82, 2.24) is 10.2 Å². The first-order valence-electron chi connectivity index (χ1n) is 7.08. The number of hydrogen-bond donors (Lipinski definition) is 1. The zero-order valence-electron chi connectivity index (χ0n) is 12.7. The van der Waals surface area contributed by atoms with Gasteiger partial charge in [0.05, 0.1) is 28.0 Å². The molecule has 120 valence electrons. The number of nitro groups is 1. The number of amides is 1. The second-order valence-corrected chi connectivity index (χ2v) is 5.02. The Morgan fingerprint density at radius 2 is 1.88 bits per heavy atom. The number of hydrazine groups is 1. The van der Waals surface area contributed by atoms with Gasteiger partial charge in [0.1, 0.15) is 0 Å². The van der Waals surface area contributed by atoms with Gasteiger partial charge in [-0.1, -0.05) is 18.2 Å². The molecule has 0 aliphatic rings. The van der Waals surface area contributed by atoms with Crippen LogP contribution in [0.4, 0.5) is 17.1 Å². The lowest BCUT2D eigenvalue weighted by atomic mass is 10.2. The number of aromatic nitrogens is 2. The second kappa shape index (κ2) is 6.29. The molecule has 0 fully saturated rings. The van der Waals surface area contributed by atoms with Gasteiger partial charge in [0, 0.05) is 24.4 Å². The van der Waals surface area contributed by atoms with E-state index in [-0.39, 0.29) is 11.6 Å². The number of benzene rings is 2. The molecule has 0 aliphatic carbocycles. The van der Waals surface area contributed by atoms with Crippen LogP contribution < -0.4 is 10.4 Å². The highest BCUT2D eigenvalue weighted by atomic mass is 16.6. The van der Waals surface area contributed by atoms with Crippen LogP contribution in [-0.2, 0) is 4.79 Å². The number of anilines is 2. The van der Waals surface area contributed by atoms with Gasteiger partial charge in [-0.05, 0) is 18.2 Å². The SMILES string of the molecule is CC(=O)N(Nc1cnnc2ccccc12)c1ccc([N+](=O)[O-])cc1. The van der Waals surface area contributed by atoms with Gasteiger partial charge in [-0.25, -0.2) is 5.01 Å². The second-order valence-electron chi connectivity index (χ2n) is 5.02. The van der Waals surface area contributed by atoms with Crippen molar-refractivity contribution in [3.63, 3.8) is 0 Å². The van der Waals surface area contributed by atoms with Crippen molar-refractivity contribution in [3.8, 4) is 0 Å². The Bertz CT molecular complexity index is 906. The molecule has 0 saturated heterocycles. The Labute approximate surface area is 136 Å². The van der Waals surface area contributed by atoms with E-state index in [4.69, 9.17) is 0 Å². The monoisotopic (exact) mass is 323 g/mol. The van der Waals surface area contributed by atoms with Gasteiger partial charge < -0.3 is 0 Å². The van der Waals surface area contributed by atoms with Crippen LogP contribution in [0, 0.1) is 10.1 Å². The molecule has 0 saturated carbocycles. The number of non-ortho nitro benzene ring substituents is 1. The fourth-order valence-electron chi connectivity index (χ4n) is 2.26. The highest BCUT2D eigenvalue weighted by Gasteiger charge is 2.15. The number of carbonyl (C=O) groups is 1. The van der Waals surface area contributed by atoms with Gasteiger partial charge in [-0.15, -0.1) is 0 Å². The maximum atomic E-state index is 12.0. The van der Waals surface area contributed by atoms with Crippen LogP contribution in [0.25, 0.3) is 10.9 Å². The Morgan fingerprint density at radius 1 is 1.17 bits per heavy atom. The van der Waals surface area contributed by atoms with Crippen LogP contribution in [0.1, 0.15) is 6.92 Å². The summed E-state index contributed by atoms with van der Waals surface area (Å²) in [6.07, 6.45) is 1.52. The van der Waals surface area contributed by atoms with E-state index in [9.17, 15) is 14.9 Å². The Hall–Kier alpha value is -3.55. The molecular weight excluding hydrogens is 310 g/mol. The lowest BCUT2D eigenvalue weighted by Gasteiger charge is -2.23. The van der Waals surface area contributed by atoms with Crippen LogP contribution in [0.3, 0.4) is 0 Å². The largest absolute Gasteiger partial charge is 0.289 e. The number of rotatable bonds is 4. The molecule has 0 bridgehead atoms. The summed E-state index contributed by atoms with van der Waals surface area (Å²) in [5.41, 5.74) is 4.73. The minimum absolute atomic E-state index is 0.0433. The van der Waals surface area contributed by atoms with Crippen molar-refractivity contribution in [2.75, 3.05) is 10.4 Å². The van der Waals surface area contributed by atoms with E-state index in [1.165, 1.54) is 42.4 Å². The molecule has 8 nitrogen and oxygen atoms in total. The topological polar surface area (TPSA) is 101 Å². The van der Waals surface area contributed by atoms with Crippen LogP contribution in [0.2, 0.25) is 0 Å². The van der Waals surface area contributed by atoms with Crippen molar-refractivity contribution in [1.29, 1.82) is 0 Å². The average Bonchev–Trinajstić information content (AvgIpc) is 2.59. The molecule has 3 rings (SSSR count). The van der Waals surface area contributed by atoms with E-state index >= 15 is 0 Å². The first-order chi connectivity index (χ1) is 11.6. The standard InChI is InChI=1S/C16H13N5O3/c1-11(22)20(12-6-8-13(9-7-12)21(23)24)19-16-10-17-18-15-5-3-2-4-14(15)16/h2-10H,1H3,(H,18,19). The summed E-state index contributed by atoms with van der Waals surface area (Å²) in [7, 11) is 0. The van der Waals surface area contributed by atoms with E-state index in [0.717, 1.165) is 5.39 Å². The summed E-state index contributed by atoms with van der Waals surface area (Å²) in [6, 6.07) is 13.1. The van der Waals surface area contributed by atoms with E-state index in [0.29, 0.717) is 16.9 Å². The molecule has 8 heteroatoms. The van der Waals surface area contributed by atoms with Crippen molar-refractivity contribution >= 4 is 33.9 Å². The normalized spacial score (nSPS) is 10.4. The number of nitrogens with one attached hydrogen (secondary N) is 1. The first kappa shape index (κ1) is 15.3. The average molecular weight is 323 g/mol. The molecule has 3 aromatic rings. The number of nitro benzene ring substituents is 1. The maximum absolute atomic E-state index is 12.0.